The highest BCUT2D eigenvalue weighted by Gasteiger charge is 2.36. The average molecular weight is 186 g/mol. The number of ketones is 1. The summed E-state index contributed by atoms with van der Waals surface area (Å²) in [4.78, 5) is 23.6. The van der Waals surface area contributed by atoms with Crippen LogP contribution in [0.4, 0.5) is 0 Å². The van der Waals surface area contributed by atoms with Crippen LogP contribution in [-0.2, 0) is 9.59 Å². The minimum atomic E-state index is -0.593. The van der Waals surface area contributed by atoms with E-state index in [1.807, 2.05) is 0 Å². The smallest absolute Gasteiger partial charge is 0.237 e. The van der Waals surface area contributed by atoms with E-state index < -0.39 is 12.1 Å². The van der Waals surface area contributed by atoms with E-state index in [0.29, 0.717) is 6.42 Å². The van der Waals surface area contributed by atoms with Crippen molar-refractivity contribution in [1.29, 1.82) is 0 Å². The van der Waals surface area contributed by atoms with Gasteiger partial charge in [0.1, 0.15) is 0 Å². The molecule has 0 aromatic carbocycles. The van der Waals surface area contributed by atoms with Gasteiger partial charge in [0.2, 0.25) is 5.91 Å². The van der Waals surface area contributed by atoms with Gasteiger partial charge in [0, 0.05) is 13.0 Å². The maximum absolute atomic E-state index is 11.2. The summed E-state index contributed by atoms with van der Waals surface area (Å²) in [6.07, 6.45) is -0.259. The number of likely N-dealkylation sites (tertiary alicyclic amines) is 1. The maximum Gasteiger partial charge on any atom is 0.237 e. The normalized spacial score (nSPS) is 27.8. The summed E-state index contributed by atoms with van der Waals surface area (Å²) in [5.74, 6) is -0.380. The average Bonchev–Trinajstić information content (AvgIpc) is 2.46. The number of hydrogen-bond donors (Lipinski definition) is 2. The maximum atomic E-state index is 11.2. The molecule has 5 nitrogen and oxygen atoms in total. The predicted molar refractivity (Wildman–Crippen MR) is 45.9 cm³/mol. The van der Waals surface area contributed by atoms with Crippen LogP contribution in [-0.4, -0.2) is 46.9 Å². The zero-order valence-corrected chi connectivity index (χ0v) is 7.56. The highest BCUT2D eigenvalue weighted by Crippen LogP contribution is 2.18. The standard InChI is InChI=1S/C8H14N2O3/c1-5(11)7-2-6(12)4-10(7)8(13)3-9/h6-7,12H,2-4,9H2,1H3/t6-,7-/m0/s1. The molecule has 0 bridgehead atoms. The molecule has 1 amide bonds. The van der Waals surface area contributed by atoms with Gasteiger partial charge in [-0.15, -0.1) is 0 Å². The van der Waals surface area contributed by atoms with E-state index >= 15 is 0 Å². The molecule has 0 aliphatic carbocycles. The number of Topliss-reactive ketones (excluding diaryl/α,β-unsaturated/α-hetero) is 1. The van der Waals surface area contributed by atoms with Gasteiger partial charge in [0.15, 0.2) is 5.78 Å². The molecule has 0 radical (unpaired) electrons. The minimum absolute atomic E-state index is 0.0987. The van der Waals surface area contributed by atoms with Crippen LogP contribution in [0.5, 0.6) is 0 Å². The first-order valence-electron chi connectivity index (χ1n) is 4.24. The summed E-state index contributed by atoms with van der Waals surface area (Å²) >= 11 is 0. The van der Waals surface area contributed by atoms with Crippen molar-refractivity contribution in [3.63, 3.8) is 0 Å². The van der Waals surface area contributed by atoms with Gasteiger partial charge in [-0.1, -0.05) is 0 Å². The topological polar surface area (TPSA) is 83.6 Å². The second-order valence-electron chi connectivity index (χ2n) is 3.27. The third-order valence-electron chi connectivity index (χ3n) is 2.24. The van der Waals surface area contributed by atoms with Crippen LogP contribution in [0, 0.1) is 0 Å². The Morgan fingerprint density at radius 2 is 2.23 bits per heavy atom. The molecular formula is C8H14N2O3. The van der Waals surface area contributed by atoms with Crippen molar-refractivity contribution < 1.29 is 14.7 Å². The predicted octanol–water partition coefficient (Wildman–Crippen LogP) is -1.50. The van der Waals surface area contributed by atoms with Gasteiger partial charge >= 0.3 is 0 Å². The Morgan fingerprint density at radius 3 is 2.69 bits per heavy atom. The largest absolute Gasteiger partial charge is 0.391 e. The van der Waals surface area contributed by atoms with E-state index in [-0.39, 0.29) is 24.8 Å². The Bertz CT molecular complexity index is 229. The lowest BCUT2D eigenvalue weighted by Gasteiger charge is -2.21. The lowest BCUT2D eigenvalue weighted by molar-refractivity contribution is -0.135. The molecule has 2 atom stereocenters. The number of carbonyl (C=O) groups is 2. The van der Waals surface area contributed by atoms with E-state index in [1.165, 1.54) is 11.8 Å². The van der Waals surface area contributed by atoms with Gasteiger partial charge in [-0.2, -0.15) is 0 Å². The highest BCUT2D eigenvalue weighted by atomic mass is 16.3. The number of amides is 1. The third kappa shape index (κ3) is 2.05. The summed E-state index contributed by atoms with van der Waals surface area (Å²) in [7, 11) is 0. The van der Waals surface area contributed by atoms with E-state index in [1.54, 1.807) is 0 Å². The number of β-amino-alcohol motifs (C(OH)–C–C–N with tert-alkyl or cyclic N) is 1. The zero-order valence-electron chi connectivity index (χ0n) is 7.56. The molecule has 5 heteroatoms. The molecule has 1 rings (SSSR count). The van der Waals surface area contributed by atoms with Crippen molar-refractivity contribution >= 4 is 11.7 Å². The van der Waals surface area contributed by atoms with Crippen molar-refractivity contribution in [3.05, 3.63) is 0 Å². The van der Waals surface area contributed by atoms with Gasteiger partial charge in [0.25, 0.3) is 0 Å². The van der Waals surface area contributed by atoms with Gasteiger partial charge < -0.3 is 15.7 Å². The van der Waals surface area contributed by atoms with Crippen molar-refractivity contribution in [2.24, 2.45) is 5.73 Å². The Kier molecular flexibility index (Phi) is 3.00. The fraction of sp³-hybridized carbons (Fsp3) is 0.750. The van der Waals surface area contributed by atoms with Gasteiger partial charge in [0.05, 0.1) is 18.7 Å². The molecule has 1 heterocycles. The van der Waals surface area contributed by atoms with Crippen LogP contribution in [0.15, 0.2) is 0 Å². The van der Waals surface area contributed by atoms with Crippen LogP contribution < -0.4 is 5.73 Å². The van der Waals surface area contributed by atoms with E-state index in [4.69, 9.17) is 5.73 Å². The van der Waals surface area contributed by atoms with Crippen LogP contribution in [0.3, 0.4) is 0 Å². The Labute approximate surface area is 76.5 Å². The monoisotopic (exact) mass is 186 g/mol. The molecule has 0 spiro atoms. The molecule has 0 unspecified atom stereocenters. The molecule has 0 aromatic rings. The first kappa shape index (κ1) is 10.1. The summed E-state index contributed by atoms with van der Waals surface area (Å²) < 4.78 is 0. The molecule has 0 aromatic heterocycles. The van der Waals surface area contributed by atoms with Gasteiger partial charge in [-0.25, -0.2) is 0 Å². The van der Waals surface area contributed by atoms with E-state index in [9.17, 15) is 14.7 Å². The molecule has 1 fully saturated rings. The summed E-state index contributed by atoms with van der Waals surface area (Å²) in [5.41, 5.74) is 5.18. The number of aliphatic hydroxyl groups is 1. The van der Waals surface area contributed by atoms with Crippen molar-refractivity contribution in [2.75, 3.05) is 13.1 Å². The molecular weight excluding hydrogens is 172 g/mol. The molecule has 3 N–H and O–H groups in total. The highest BCUT2D eigenvalue weighted by molar-refractivity contribution is 5.88. The lowest BCUT2D eigenvalue weighted by Crippen LogP contribution is -2.42. The summed E-state index contributed by atoms with van der Waals surface area (Å²) in [5, 5.41) is 9.28. The molecule has 74 valence electrons. The van der Waals surface area contributed by atoms with Crippen molar-refractivity contribution in [1.82, 2.24) is 4.90 Å². The lowest BCUT2D eigenvalue weighted by atomic mass is 10.1. The van der Waals surface area contributed by atoms with E-state index in [2.05, 4.69) is 0 Å². The Balaban J connectivity index is 2.71. The number of carbonyl (C=O) groups excluding carboxylic acids is 2. The number of rotatable bonds is 2. The SMILES string of the molecule is CC(=O)[C@@H]1C[C@H](O)CN1C(=O)CN. The summed E-state index contributed by atoms with van der Waals surface area (Å²) in [6, 6.07) is -0.481. The zero-order chi connectivity index (χ0) is 10.0. The third-order valence-corrected chi connectivity index (χ3v) is 2.24. The van der Waals surface area contributed by atoms with Gasteiger partial charge in [-0.05, 0) is 6.92 Å². The van der Waals surface area contributed by atoms with Crippen molar-refractivity contribution in [2.45, 2.75) is 25.5 Å². The molecule has 1 aliphatic rings. The second-order valence-corrected chi connectivity index (χ2v) is 3.27. The first-order chi connectivity index (χ1) is 6.06. The number of aliphatic hydroxyl groups excluding tert-OH is 1. The molecule has 13 heavy (non-hydrogen) atoms. The molecule has 0 saturated carbocycles. The van der Waals surface area contributed by atoms with Crippen molar-refractivity contribution in [3.8, 4) is 0 Å². The van der Waals surface area contributed by atoms with Crippen LogP contribution in [0.1, 0.15) is 13.3 Å². The van der Waals surface area contributed by atoms with Crippen LogP contribution in [0.25, 0.3) is 0 Å². The first-order valence-corrected chi connectivity index (χ1v) is 4.24. The van der Waals surface area contributed by atoms with Crippen LogP contribution >= 0.6 is 0 Å². The van der Waals surface area contributed by atoms with Gasteiger partial charge in [-0.3, -0.25) is 9.59 Å². The fourth-order valence-electron chi connectivity index (χ4n) is 1.59. The number of nitrogens with two attached hydrogens (primary N) is 1. The van der Waals surface area contributed by atoms with Crippen LogP contribution in [0.2, 0.25) is 0 Å². The number of nitrogens with zero attached hydrogens (tertiary/aromatic N) is 1. The number of hydrogen-bond acceptors (Lipinski definition) is 4. The fourth-order valence-corrected chi connectivity index (χ4v) is 1.59. The molecule has 1 aliphatic heterocycles. The second kappa shape index (κ2) is 3.85. The minimum Gasteiger partial charge on any atom is -0.391 e. The quantitative estimate of drug-likeness (QED) is 0.549. The Morgan fingerprint density at radius 1 is 1.62 bits per heavy atom. The van der Waals surface area contributed by atoms with E-state index in [0.717, 1.165) is 0 Å². The Hall–Kier alpha value is -0.940. The summed E-state index contributed by atoms with van der Waals surface area (Å²) in [6.45, 7) is 1.52. The molecule has 1 saturated heterocycles.